The second kappa shape index (κ2) is 6.95. The third kappa shape index (κ3) is 3.41. The third-order valence-corrected chi connectivity index (χ3v) is 6.49. The number of thioether (sulfide) groups is 1. The van der Waals surface area contributed by atoms with Crippen LogP contribution in [-0.2, 0) is 0 Å². The number of rotatable bonds is 5. The minimum absolute atomic E-state index is 0.252. The fourth-order valence-electron chi connectivity index (χ4n) is 3.80. The predicted molar refractivity (Wildman–Crippen MR) is 102 cm³/mol. The summed E-state index contributed by atoms with van der Waals surface area (Å²) in [6.45, 7) is 0.847. The fourth-order valence-corrected chi connectivity index (χ4v) is 5.41. The van der Waals surface area contributed by atoms with Crippen molar-refractivity contribution in [2.24, 2.45) is 0 Å². The van der Waals surface area contributed by atoms with Gasteiger partial charge in [-0.1, -0.05) is 37.1 Å². The van der Waals surface area contributed by atoms with Crippen LogP contribution in [0, 0.1) is 0 Å². The van der Waals surface area contributed by atoms with Gasteiger partial charge in [0.25, 0.3) is 0 Å². The van der Waals surface area contributed by atoms with Crippen molar-refractivity contribution in [3.8, 4) is 5.75 Å². The second-order valence-corrected chi connectivity index (χ2v) is 8.53. The Kier molecular flexibility index (Phi) is 5.09. The molecule has 1 aromatic carbocycles. The summed E-state index contributed by atoms with van der Waals surface area (Å²) >= 11 is 1.81. The van der Waals surface area contributed by atoms with Gasteiger partial charge in [-0.3, -0.25) is 0 Å². The summed E-state index contributed by atoms with van der Waals surface area (Å²) in [5.74, 6) is 0.866. The molecule has 1 aliphatic heterocycles. The normalized spacial score (nSPS) is 27.3. The highest BCUT2D eigenvalue weighted by atomic mass is 32.2. The number of nitrogens with zero attached hydrogens (tertiary/aromatic N) is 1. The maximum Gasteiger partial charge on any atom is 0.119 e. The van der Waals surface area contributed by atoms with E-state index in [4.69, 9.17) is 4.74 Å². The van der Waals surface area contributed by atoms with Crippen LogP contribution in [0.15, 0.2) is 41.3 Å². The summed E-state index contributed by atoms with van der Waals surface area (Å²) in [6.07, 6.45) is 10.6. The minimum Gasteiger partial charge on any atom is -0.497 e. The first kappa shape index (κ1) is 17.6. The lowest BCUT2D eigenvalue weighted by atomic mass is 9.84. The van der Waals surface area contributed by atoms with Gasteiger partial charge in [0.05, 0.1) is 17.5 Å². The number of hydrogen-bond donors (Lipinski definition) is 1. The van der Waals surface area contributed by atoms with Crippen LogP contribution < -0.4 is 4.74 Å². The van der Waals surface area contributed by atoms with Crippen molar-refractivity contribution in [1.82, 2.24) is 4.90 Å². The number of hydrogen-bond acceptors (Lipinski definition) is 4. The summed E-state index contributed by atoms with van der Waals surface area (Å²) in [5, 5.41) is 11.3. The molecule has 1 aliphatic carbocycles. The first-order chi connectivity index (χ1) is 11.5. The van der Waals surface area contributed by atoms with E-state index in [1.807, 2.05) is 30.0 Å². The highest BCUT2D eigenvalue weighted by Crippen LogP contribution is 2.53. The van der Waals surface area contributed by atoms with E-state index in [0.29, 0.717) is 0 Å². The molecule has 4 heteroatoms. The van der Waals surface area contributed by atoms with E-state index in [1.54, 1.807) is 7.11 Å². The van der Waals surface area contributed by atoms with Crippen molar-refractivity contribution in [3.05, 3.63) is 46.9 Å². The molecule has 130 valence electrons. The Morgan fingerprint density at radius 2 is 2.04 bits per heavy atom. The van der Waals surface area contributed by atoms with Crippen LogP contribution in [0.25, 0.3) is 6.08 Å². The van der Waals surface area contributed by atoms with Crippen LogP contribution in [0.3, 0.4) is 0 Å². The zero-order valence-electron chi connectivity index (χ0n) is 14.8. The molecule has 1 N–H and O–H groups in total. The molecule has 1 fully saturated rings. The number of allylic oxidation sites excluding steroid dienone is 1. The van der Waals surface area contributed by atoms with E-state index in [-0.39, 0.29) is 4.75 Å². The maximum atomic E-state index is 11.3. The van der Waals surface area contributed by atoms with Gasteiger partial charge in [0, 0.05) is 11.4 Å². The van der Waals surface area contributed by atoms with Gasteiger partial charge >= 0.3 is 0 Å². The monoisotopic (exact) mass is 345 g/mol. The number of methoxy groups -OCH3 is 1. The topological polar surface area (TPSA) is 32.7 Å². The quantitative estimate of drug-likeness (QED) is 0.876. The number of ether oxygens (including phenoxy) is 1. The Morgan fingerprint density at radius 3 is 2.71 bits per heavy atom. The van der Waals surface area contributed by atoms with Gasteiger partial charge in [0.1, 0.15) is 5.75 Å². The van der Waals surface area contributed by atoms with Crippen molar-refractivity contribution in [2.45, 2.75) is 36.0 Å². The average molecular weight is 346 g/mol. The Morgan fingerprint density at radius 1 is 1.29 bits per heavy atom. The molecule has 3 rings (SSSR count). The molecule has 1 atom stereocenters. The van der Waals surface area contributed by atoms with Crippen molar-refractivity contribution in [3.63, 3.8) is 0 Å². The first-order valence-corrected chi connectivity index (χ1v) is 9.39. The molecule has 0 bridgehead atoms. The molecule has 0 saturated heterocycles. The van der Waals surface area contributed by atoms with Crippen molar-refractivity contribution in [1.29, 1.82) is 0 Å². The third-order valence-electron chi connectivity index (χ3n) is 4.99. The Labute approximate surface area is 149 Å². The zero-order chi connectivity index (χ0) is 17.2. The molecule has 3 nitrogen and oxygen atoms in total. The van der Waals surface area contributed by atoms with E-state index < -0.39 is 5.60 Å². The molecule has 1 saturated carbocycles. The van der Waals surface area contributed by atoms with Crippen molar-refractivity contribution in [2.75, 3.05) is 27.7 Å². The largest absolute Gasteiger partial charge is 0.497 e. The molecule has 1 aromatic rings. The van der Waals surface area contributed by atoms with E-state index in [0.717, 1.165) is 43.5 Å². The van der Waals surface area contributed by atoms with Crippen LogP contribution in [0.1, 0.15) is 31.2 Å². The molecule has 0 aromatic heterocycles. The Balaban J connectivity index is 1.87. The van der Waals surface area contributed by atoms with E-state index in [9.17, 15) is 5.11 Å². The smallest absolute Gasteiger partial charge is 0.119 e. The first-order valence-electron chi connectivity index (χ1n) is 8.57. The van der Waals surface area contributed by atoms with Gasteiger partial charge in [-0.15, -0.1) is 11.8 Å². The number of benzene rings is 1. The van der Waals surface area contributed by atoms with Gasteiger partial charge in [0.2, 0.25) is 0 Å². The molecule has 1 heterocycles. The molecule has 0 spiro atoms. The summed E-state index contributed by atoms with van der Waals surface area (Å²) in [6, 6.07) is 8.08. The Hall–Kier alpha value is -1.23. The molecular formula is C20H27NO2S. The predicted octanol–water partition coefficient (Wildman–Crippen LogP) is 3.94. The highest BCUT2D eigenvalue weighted by molar-refractivity contribution is 8.05. The maximum absolute atomic E-state index is 11.3. The standard InChI is InChI=1S/C20H27NO2S/c1-21(2)15-20(19(22)10-4-5-11-19)12-9-18(24-20)14-16-7-6-8-17(13-16)23-3/h6-9,12-14,22H,4-5,10-11,15H2,1-3H3. The highest BCUT2D eigenvalue weighted by Gasteiger charge is 2.52. The summed E-state index contributed by atoms with van der Waals surface area (Å²) in [7, 11) is 5.85. The SMILES string of the molecule is COc1cccc(C=C2C=CC(CN(C)C)(C3(O)CCCC3)S2)c1. The lowest BCUT2D eigenvalue weighted by Gasteiger charge is -2.42. The Bertz CT molecular complexity index is 647. The van der Waals surface area contributed by atoms with E-state index >= 15 is 0 Å². The summed E-state index contributed by atoms with van der Waals surface area (Å²) in [4.78, 5) is 3.38. The van der Waals surface area contributed by atoms with E-state index in [2.05, 4.69) is 43.3 Å². The van der Waals surface area contributed by atoms with E-state index in [1.165, 1.54) is 4.91 Å². The second-order valence-electron chi connectivity index (χ2n) is 7.12. The lowest BCUT2D eigenvalue weighted by Crippen LogP contribution is -2.53. The van der Waals surface area contributed by atoms with Crippen molar-refractivity contribution < 1.29 is 9.84 Å². The van der Waals surface area contributed by atoms with Gasteiger partial charge < -0.3 is 14.7 Å². The molecule has 1 unspecified atom stereocenters. The average Bonchev–Trinajstić information content (AvgIpc) is 3.16. The van der Waals surface area contributed by atoms with Crippen LogP contribution in [0.5, 0.6) is 5.75 Å². The van der Waals surface area contributed by atoms with Crippen LogP contribution in [0.4, 0.5) is 0 Å². The molecule has 0 radical (unpaired) electrons. The van der Waals surface area contributed by atoms with Crippen LogP contribution in [-0.4, -0.2) is 48.1 Å². The van der Waals surface area contributed by atoms with Crippen LogP contribution >= 0.6 is 11.8 Å². The molecule has 0 amide bonds. The fraction of sp³-hybridized carbons (Fsp3) is 0.500. The van der Waals surface area contributed by atoms with Gasteiger partial charge in [-0.2, -0.15) is 0 Å². The lowest BCUT2D eigenvalue weighted by molar-refractivity contribution is 0.0147. The minimum atomic E-state index is -0.609. The summed E-state index contributed by atoms with van der Waals surface area (Å²) < 4.78 is 5.06. The van der Waals surface area contributed by atoms with Gasteiger partial charge in [0.15, 0.2) is 0 Å². The van der Waals surface area contributed by atoms with Crippen molar-refractivity contribution >= 4 is 17.8 Å². The van der Waals surface area contributed by atoms with Gasteiger partial charge in [-0.25, -0.2) is 0 Å². The zero-order valence-corrected chi connectivity index (χ0v) is 15.6. The molecule has 24 heavy (non-hydrogen) atoms. The summed E-state index contributed by atoms with van der Waals surface area (Å²) in [5.41, 5.74) is 0.517. The molecule has 2 aliphatic rings. The van der Waals surface area contributed by atoms with Crippen LogP contribution in [0.2, 0.25) is 0 Å². The molecular weight excluding hydrogens is 318 g/mol. The van der Waals surface area contributed by atoms with Gasteiger partial charge in [-0.05, 0) is 50.7 Å². The number of aliphatic hydroxyl groups is 1.